The van der Waals surface area contributed by atoms with Crippen LogP contribution in [0, 0.1) is 0 Å². The van der Waals surface area contributed by atoms with Gasteiger partial charge < -0.3 is 9.47 Å². The molecule has 1 aliphatic heterocycles. The third-order valence-electron chi connectivity index (χ3n) is 5.09. The molecule has 0 N–H and O–H groups in total. The van der Waals surface area contributed by atoms with Crippen LogP contribution in [-0.2, 0) is 9.53 Å². The number of allylic oxidation sites excluding steroid dienone is 1. The van der Waals surface area contributed by atoms with Crippen molar-refractivity contribution in [2.45, 2.75) is 39.8 Å². The van der Waals surface area contributed by atoms with Crippen molar-refractivity contribution in [2.75, 3.05) is 6.61 Å². The predicted molar refractivity (Wildman–Crippen MR) is 127 cm³/mol. The Hall–Kier alpha value is -3.52. The van der Waals surface area contributed by atoms with E-state index in [9.17, 15) is 9.59 Å². The molecule has 0 radical (unpaired) electrons. The second-order valence-corrected chi connectivity index (χ2v) is 8.83. The van der Waals surface area contributed by atoms with Gasteiger partial charge in [-0.3, -0.25) is 14.3 Å². The van der Waals surface area contributed by atoms with Crippen molar-refractivity contribution in [1.29, 1.82) is 0 Å². The zero-order valence-electron chi connectivity index (χ0n) is 18.9. The highest BCUT2D eigenvalue weighted by Crippen LogP contribution is 2.31. The van der Waals surface area contributed by atoms with E-state index in [0.29, 0.717) is 20.6 Å². The number of pyridine rings is 1. The number of thiazole rings is 1. The molecular formula is C25H25N3O4S. The van der Waals surface area contributed by atoms with Crippen molar-refractivity contribution in [2.24, 2.45) is 4.99 Å². The number of rotatable bonds is 6. The van der Waals surface area contributed by atoms with E-state index in [1.807, 2.05) is 56.3 Å². The van der Waals surface area contributed by atoms with E-state index >= 15 is 0 Å². The molecule has 1 atom stereocenters. The highest BCUT2D eigenvalue weighted by Gasteiger charge is 2.33. The molecule has 7 nitrogen and oxygen atoms in total. The normalized spacial score (nSPS) is 15.9. The molecule has 0 saturated heterocycles. The highest BCUT2D eigenvalue weighted by molar-refractivity contribution is 7.07. The van der Waals surface area contributed by atoms with Crippen molar-refractivity contribution in [3.63, 3.8) is 0 Å². The number of ether oxygens (including phenoxy) is 2. The van der Waals surface area contributed by atoms with E-state index in [2.05, 4.69) is 9.98 Å². The fourth-order valence-electron chi connectivity index (χ4n) is 3.72. The zero-order valence-corrected chi connectivity index (χ0v) is 19.8. The summed E-state index contributed by atoms with van der Waals surface area (Å²) in [6, 6.07) is 10.5. The predicted octanol–water partition coefficient (Wildman–Crippen LogP) is 2.98. The smallest absolute Gasteiger partial charge is 0.338 e. The number of nitrogens with zero attached hydrogens (tertiary/aromatic N) is 3. The molecule has 0 amide bonds. The Morgan fingerprint density at radius 1 is 1.18 bits per heavy atom. The van der Waals surface area contributed by atoms with Gasteiger partial charge in [0, 0.05) is 12.4 Å². The Labute approximate surface area is 195 Å². The summed E-state index contributed by atoms with van der Waals surface area (Å²) >= 11 is 1.29. The van der Waals surface area contributed by atoms with Gasteiger partial charge in [-0.1, -0.05) is 23.5 Å². The number of hydrogen-bond donors (Lipinski definition) is 0. The minimum atomic E-state index is -0.645. The van der Waals surface area contributed by atoms with Crippen LogP contribution < -0.4 is 19.6 Å². The topological polar surface area (TPSA) is 82.8 Å². The summed E-state index contributed by atoms with van der Waals surface area (Å²) in [6.45, 7) is 7.68. The number of carbonyl (C=O) groups is 1. The molecule has 0 aliphatic carbocycles. The number of esters is 1. The molecule has 0 unspecified atom stereocenters. The zero-order chi connectivity index (χ0) is 23.5. The third kappa shape index (κ3) is 4.66. The summed E-state index contributed by atoms with van der Waals surface area (Å²) in [5.41, 5.74) is 2.33. The molecule has 1 aromatic carbocycles. The van der Waals surface area contributed by atoms with Crippen LogP contribution in [0.3, 0.4) is 0 Å². The van der Waals surface area contributed by atoms with E-state index in [4.69, 9.17) is 9.47 Å². The van der Waals surface area contributed by atoms with Gasteiger partial charge in [-0.15, -0.1) is 0 Å². The monoisotopic (exact) mass is 463 g/mol. The van der Waals surface area contributed by atoms with Gasteiger partial charge >= 0.3 is 5.97 Å². The van der Waals surface area contributed by atoms with Gasteiger partial charge in [-0.05, 0) is 69.2 Å². The summed E-state index contributed by atoms with van der Waals surface area (Å²) in [5, 5.41) is 0. The number of fused-ring (bicyclic) bond motifs is 1. The maximum atomic E-state index is 13.5. The molecule has 3 aromatic rings. The molecule has 170 valence electrons. The maximum absolute atomic E-state index is 13.5. The largest absolute Gasteiger partial charge is 0.491 e. The summed E-state index contributed by atoms with van der Waals surface area (Å²) in [5.74, 6) is 0.243. The third-order valence-corrected chi connectivity index (χ3v) is 6.07. The molecule has 8 heteroatoms. The number of carbonyl (C=O) groups excluding carboxylic acids is 1. The second kappa shape index (κ2) is 9.54. The molecule has 4 rings (SSSR count). The summed E-state index contributed by atoms with van der Waals surface area (Å²) in [6.07, 6.45) is 5.20. The lowest BCUT2D eigenvalue weighted by atomic mass is 9.96. The summed E-state index contributed by atoms with van der Waals surface area (Å²) in [4.78, 5) is 35.6. The Morgan fingerprint density at radius 2 is 1.88 bits per heavy atom. The number of benzene rings is 1. The minimum absolute atomic E-state index is 0.0407. The van der Waals surface area contributed by atoms with Gasteiger partial charge in [0.1, 0.15) is 5.75 Å². The van der Waals surface area contributed by atoms with Crippen LogP contribution in [0.15, 0.2) is 69.8 Å². The summed E-state index contributed by atoms with van der Waals surface area (Å²) < 4.78 is 13.2. The van der Waals surface area contributed by atoms with E-state index in [-0.39, 0.29) is 18.3 Å². The van der Waals surface area contributed by atoms with Gasteiger partial charge in [0.25, 0.3) is 5.56 Å². The fraction of sp³-hybridized carbons (Fsp3) is 0.280. The first-order chi connectivity index (χ1) is 15.9. The van der Waals surface area contributed by atoms with Crippen LogP contribution >= 0.6 is 11.3 Å². The first kappa shape index (κ1) is 22.7. The van der Waals surface area contributed by atoms with Crippen molar-refractivity contribution in [3.8, 4) is 5.75 Å². The molecule has 3 heterocycles. The standard InChI is InChI=1S/C25H25N3O4S/c1-5-31-24(30)21-16(4)27-25-28(22(21)18-6-8-19(9-7-18)32-15(2)3)23(29)20(33-25)14-17-10-12-26-13-11-17/h6-15,22H,5H2,1-4H3/b20-14-/t22-/m1/s1. The lowest BCUT2D eigenvalue weighted by Gasteiger charge is -2.25. The maximum Gasteiger partial charge on any atom is 0.338 e. The molecule has 2 aromatic heterocycles. The molecule has 33 heavy (non-hydrogen) atoms. The minimum Gasteiger partial charge on any atom is -0.491 e. The van der Waals surface area contributed by atoms with Crippen molar-refractivity contribution in [3.05, 3.63) is 90.9 Å². The average molecular weight is 464 g/mol. The Bertz CT molecular complexity index is 1370. The van der Waals surface area contributed by atoms with E-state index in [1.165, 1.54) is 11.3 Å². The molecule has 0 saturated carbocycles. The van der Waals surface area contributed by atoms with Crippen LogP contribution in [0.25, 0.3) is 6.08 Å². The first-order valence-corrected chi connectivity index (χ1v) is 11.6. The van der Waals surface area contributed by atoms with Gasteiger partial charge in [0.2, 0.25) is 0 Å². The Balaban J connectivity index is 1.90. The average Bonchev–Trinajstić information content (AvgIpc) is 3.08. The van der Waals surface area contributed by atoms with Crippen molar-refractivity contribution < 1.29 is 14.3 Å². The molecular weight excluding hydrogens is 438 g/mol. The van der Waals surface area contributed by atoms with Crippen molar-refractivity contribution in [1.82, 2.24) is 9.55 Å². The first-order valence-electron chi connectivity index (χ1n) is 10.8. The van der Waals surface area contributed by atoms with Gasteiger partial charge in [0.05, 0.1) is 34.6 Å². The lowest BCUT2D eigenvalue weighted by Crippen LogP contribution is -2.39. The molecule has 0 fully saturated rings. The Kier molecular flexibility index (Phi) is 6.55. The number of hydrogen-bond acceptors (Lipinski definition) is 7. The van der Waals surface area contributed by atoms with Gasteiger partial charge in [0.15, 0.2) is 4.80 Å². The molecule has 0 spiro atoms. The SMILES string of the molecule is CCOC(=O)C1=C(C)N=c2s/c(=C\c3ccncc3)c(=O)n2[C@@H]1c1ccc(OC(C)C)cc1. The fourth-order valence-corrected chi connectivity index (χ4v) is 4.77. The van der Waals surface area contributed by atoms with Crippen LogP contribution in [0.4, 0.5) is 0 Å². The molecule has 0 bridgehead atoms. The molecule has 1 aliphatic rings. The van der Waals surface area contributed by atoms with Gasteiger partial charge in [-0.2, -0.15) is 0 Å². The van der Waals surface area contributed by atoms with Gasteiger partial charge in [-0.25, -0.2) is 9.79 Å². The lowest BCUT2D eigenvalue weighted by molar-refractivity contribution is -0.139. The van der Waals surface area contributed by atoms with E-state index < -0.39 is 12.0 Å². The quantitative estimate of drug-likeness (QED) is 0.525. The highest BCUT2D eigenvalue weighted by atomic mass is 32.1. The number of aromatic nitrogens is 2. The van der Waals surface area contributed by atoms with Crippen LogP contribution in [0.2, 0.25) is 0 Å². The second-order valence-electron chi connectivity index (χ2n) is 7.82. The van der Waals surface area contributed by atoms with E-state index in [1.54, 1.807) is 30.8 Å². The van der Waals surface area contributed by atoms with Crippen LogP contribution in [0.5, 0.6) is 5.75 Å². The van der Waals surface area contributed by atoms with Crippen LogP contribution in [0.1, 0.15) is 44.9 Å². The summed E-state index contributed by atoms with van der Waals surface area (Å²) in [7, 11) is 0. The Morgan fingerprint density at radius 3 is 2.52 bits per heavy atom. The van der Waals surface area contributed by atoms with Crippen LogP contribution in [-0.4, -0.2) is 28.2 Å². The van der Waals surface area contributed by atoms with Crippen molar-refractivity contribution >= 4 is 23.4 Å². The van der Waals surface area contributed by atoms with E-state index in [0.717, 1.165) is 16.9 Å².